The van der Waals surface area contributed by atoms with Gasteiger partial charge in [-0.3, -0.25) is 0 Å². The fourth-order valence-electron chi connectivity index (χ4n) is 3.22. The van der Waals surface area contributed by atoms with Crippen molar-refractivity contribution in [1.29, 1.82) is 0 Å². The van der Waals surface area contributed by atoms with Crippen molar-refractivity contribution in [2.45, 2.75) is 18.9 Å². The SMILES string of the molecule is [Se]c1ccccc1-c1nnc(N2CCN3CCC2CC3)s1. The van der Waals surface area contributed by atoms with Crippen molar-refractivity contribution in [2.75, 3.05) is 31.1 Å². The number of nitrogens with zero attached hydrogens (tertiary/aromatic N) is 4. The Morgan fingerprint density at radius 2 is 1.86 bits per heavy atom. The van der Waals surface area contributed by atoms with Crippen LogP contribution in [0.2, 0.25) is 0 Å². The van der Waals surface area contributed by atoms with E-state index in [1.807, 2.05) is 6.07 Å². The van der Waals surface area contributed by atoms with E-state index in [9.17, 15) is 0 Å². The summed E-state index contributed by atoms with van der Waals surface area (Å²) in [5.41, 5.74) is 1.16. The van der Waals surface area contributed by atoms with Gasteiger partial charge < -0.3 is 0 Å². The van der Waals surface area contributed by atoms with Crippen LogP contribution < -0.4 is 9.36 Å². The molecular formula is C15H17N4SSe. The second-order valence-corrected chi connectivity index (χ2v) is 7.53. The molecule has 0 spiro atoms. The van der Waals surface area contributed by atoms with E-state index >= 15 is 0 Å². The number of fused-ring (bicyclic) bond motifs is 4. The summed E-state index contributed by atoms with van der Waals surface area (Å²) in [6.07, 6.45) is 2.51. The van der Waals surface area contributed by atoms with Crippen molar-refractivity contribution in [2.24, 2.45) is 0 Å². The predicted molar refractivity (Wildman–Crippen MR) is 87.5 cm³/mol. The summed E-state index contributed by atoms with van der Waals surface area (Å²) >= 11 is 4.83. The summed E-state index contributed by atoms with van der Waals surface area (Å²) in [4.78, 5) is 5.05. The van der Waals surface area contributed by atoms with Crippen LogP contribution in [0.1, 0.15) is 12.8 Å². The monoisotopic (exact) mass is 365 g/mol. The molecule has 1 radical (unpaired) electrons. The Hall–Kier alpha value is -0.941. The first-order chi connectivity index (χ1) is 10.3. The van der Waals surface area contributed by atoms with Crippen molar-refractivity contribution in [3.05, 3.63) is 24.3 Å². The van der Waals surface area contributed by atoms with Gasteiger partial charge in [0.05, 0.1) is 0 Å². The minimum atomic E-state index is 0.646. The van der Waals surface area contributed by atoms with Crippen LogP contribution in [0.4, 0.5) is 5.13 Å². The molecule has 0 amide bonds. The van der Waals surface area contributed by atoms with Crippen LogP contribution in [-0.2, 0) is 0 Å². The number of rotatable bonds is 2. The Balaban J connectivity index is 1.64. The van der Waals surface area contributed by atoms with Crippen LogP contribution in [0.15, 0.2) is 24.3 Å². The number of piperidine rings is 1. The molecule has 6 heteroatoms. The third kappa shape index (κ3) is 2.61. The molecule has 0 aliphatic carbocycles. The number of aromatic nitrogens is 2. The summed E-state index contributed by atoms with van der Waals surface area (Å²) in [7, 11) is 0. The molecule has 3 aliphatic rings. The fourth-order valence-corrected chi connectivity index (χ4v) is 4.86. The molecule has 1 aromatic carbocycles. The Labute approximate surface area is 137 Å². The first kappa shape index (κ1) is 13.7. The van der Waals surface area contributed by atoms with Gasteiger partial charge in [0, 0.05) is 0 Å². The molecule has 21 heavy (non-hydrogen) atoms. The van der Waals surface area contributed by atoms with E-state index in [0.29, 0.717) is 6.04 Å². The van der Waals surface area contributed by atoms with Gasteiger partial charge in [0.1, 0.15) is 0 Å². The fraction of sp³-hybridized carbons (Fsp3) is 0.467. The first-order valence-electron chi connectivity index (χ1n) is 7.40. The van der Waals surface area contributed by atoms with Crippen molar-refractivity contribution >= 4 is 36.9 Å². The Bertz CT molecular complexity index is 636. The molecule has 1 aromatic heterocycles. The van der Waals surface area contributed by atoms with Crippen molar-refractivity contribution in [3.8, 4) is 10.6 Å². The molecule has 5 rings (SSSR count). The van der Waals surface area contributed by atoms with Crippen molar-refractivity contribution < 1.29 is 0 Å². The van der Waals surface area contributed by atoms with E-state index in [-0.39, 0.29) is 0 Å². The molecule has 0 saturated carbocycles. The van der Waals surface area contributed by atoms with Gasteiger partial charge >= 0.3 is 137 Å². The van der Waals surface area contributed by atoms with E-state index in [1.165, 1.54) is 25.9 Å². The second-order valence-electron chi connectivity index (χ2n) is 5.65. The zero-order chi connectivity index (χ0) is 14.2. The van der Waals surface area contributed by atoms with Crippen LogP contribution in [0, 0.1) is 0 Å². The Morgan fingerprint density at radius 3 is 2.67 bits per heavy atom. The van der Waals surface area contributed by atoms with Gasteiger partial charge in [-0.15, -0.1) is 0 Å². The minimum absolute atomic E-state index is 0.646. The Kier molecular flexibility index (Phi) is 3.71. The molecule has 2 aromatic rings. The quantitative estimate of drug-likeness (QED) is 0.752. The van der Waals surface area contributed by atoms with Gasteiger partial charge in [0.2, 0.25) is 0 Å². The van der Waals surface area contributed by atoms with Crippen LogP contribution in [0.5, 0.6) is 0 Å². The molecule has 109 valence electrons. The van der Waals surface area contributed by atoms with Gasteiger partial charge in [0.15, 0.2) is 0 Å². The van der Waals surface area contributed by atoms with E-state index in [1.54, 1.807) is 11.3 Å². The molecule has 3 fully saturated rings. The Morgan fingerprint density at radius 1 is 1.05 bits per heavy atom. The standard InChI is InChI=1S/C15H17N4SSe/c21-13-4-2-1-3-12(13)14-16-17-15(20-14)19-10-9-18-7-5-11(19)6-8-18/h1-4,11H,5-10H2. The maximum absolute atomic E-state index is 4.48. The predicted octanol–water partition coefficient (Wildman–Crippen LogP) is 1.28. The first-order valence-corrected chi connectivity index (χ1v) is 9.07. The van der Waals surface area contributed by atoms with Gasteiger partial charge in [-0.1, -0.05) is 0 Å². The average molecular weight is 364 g/mol. The zero-order valence-electron chi connectivity index (χ0n) is 11.7. The molecule has 3 aliphatic heterocycles. The van der Waals surface area contributed by atoms with Crippen molar-refractivity contribution in [3.63, 3.8) is 0 Å². The van der Waals surface area contributed by atoms with Crippen LogP contribution in [0.3, 0.4) is 0 Å². The van der Waals surface area contributed by atoms with E-state index in [2.05, 4.69) is 54.2 Å². The molecule has 0 N–H and O–H groups in total. The normalized spacial score (nSPS) is 25.0. The average Bonchev–Trinajstić information content (AvgIpc) is 2.80. The van der Waals surface area contributed by atoms with Gasteiger partial charge in [0.25, 0.3) is 0 Å². The molecule has 4 nitrogen and oxygen atoms in total. The summed E-state index contributed by atoms with van der Waals surface area (Å²) < 4.78 is 1.14. The van der Waals surface area contributed by atoms with Gasteiger partial charge in [-0.25, -0.2) is 0 Å². The summed E-state index contributed by atoms with van der Waals surface area (Å²) in [6, 6.07) is 8.93. The third-order valence-electron chi connectivity index (χ3n) is 4.43. The molecule has 0 unspecified atom stereocenters. The van der Waals surface area contributed by atoms with E-state index in [4.69, 9.17) is 0 Å². The summed E-state index contributed by atoms with van der Waals surface area (Å²) in [6.45, 7) is 4.71. The number of benzene rings is 1. The number of hydrogen-bond donors (Lipinski definition) is 0. The summed E-state index contributed by atoms with van der Waals surface area (Å²) in [5.74, 6) is 0. The zero-order valence-corrected chi connectivity index (χ0v) is 14.3. The molecule has 4 heterocycles. The van der Waals surface area contributed by atoms with E-state index in [0.717, 1.165) is 33.3 Å². The van der Waals surface area contributed by atoms with Gasteiger partial charge in [-0.2, -0.15) is 0 Å². The third-order valence-corrected chi connectivity index (χ3v) is 6.17. The van der Waals surface area contributed by atoms with Crippen molar-refractivity contribution in [1.82, 2.24) is 15.1 Å². The topological polar surface area (TPSA) is 32.3 Å². The van der Waals surface area contributed by atoms with E-state index < -0.39 is 0 Å². The van der Waals surface area contributed by atoms with Crippen LogP contribution >= 0.6 is 11.3 Å². The second kappa shape index (κ2) is 5.69. The van der Waals surface area contributed by atoms with Crippen LogP contribution in [0.25, 0.3) is 10.6 Å². The van der Waals surface area contributed by atoms with Gasteiger partial charge in [-0.05, 0) is 0 Å². The maximum atomic E-state index is 4.48. The molecule has 2 bridgehead atoms. The molecule has 0 atom stereocenters. The summed E-state index contributed by atoms with van der Waals surface area (Å²) in [5, 5.41) is 11.0. The number of hydrogen-bond acceptors (Lipinski definition) is 5. The molecular weight excluding hydrogens is 347 g/mol. The van der Waals surface area contributed by atoms with Crippen LogP contribution in [-0.4, -0.2) is 63.3 Å². The molecule has 3 saturated heterocycles. The number of anilines is 1.